The van der Waals surface area contributed by atoms with Gasteiger partial charge in [-0.1, -0.05) is 0 Å². The Labute approximate surface area is 149 Å². The minimum absolute atomic E-state index is 0.284. The number of hydrogen-bond donors (Lipinski definition) is 1. The van der Waals surface area contributed by atoms with Gasteiger partial charge < -0.3 is 14.8 Å². The van der Waals surface area contributed by atoms with Gasteiger partial charge >= 0.3 is 5.97 Å². The highest BCUT2D eigenvalue weighted by Crippen LogP contribution is 2.39. The summed E-state index contributed by atoms with van der Waals surface area (Å²) in [6.07, 6.45) is 1.64. The van der Waals surface area contributed by atoms with Gasteiger partial charge in [0.1, 0.15) is 0 Å². The van der Waals surface area contributed by atoms with Gasteiger partial charge in [0.05, 0.1) is 18.8 Å². The molecule has 1 aromatic rings. The fourth-order valence-electron chi connectivity index (χ4n) is 3.65. The lowest BCUT2D eigenvalue weighted by atomic mass is 9.76. The van der Waals surface area contributed by atoms with Crippen LogP contribution in [0.4, 0.5) is 0 Å². The van der Waals surface area contributed by atoms with E-state index < -0.39 is 0 Å². The quantitative estimate of drug-likeness (QED) is 0.477. The molecule has 0 spiro atoms. The molecule has 0 aliphatic carbocycles. The highest BCUT2D eigenvalue weighted by atomic mass is 17.2. The second-order valence-electron chi connectivity index (χ2n) is 7.82. The third-order valence-corrected chi connectivity index (χ3v) is 4.55. The molecule has 1 fully saturated rings. The van der Waals surface area contributed by atoms with Crippen molar-refractivity contribution < 1.29 is 24.5 Å². The summed E-state index contributed by atoms with van der Waals surface area (Å²) in [5.41, 5.74) is -0.137. The fraction of sp³-hybridized carbons (Fsp3) is 0.632. The zero-order valence-corrected chi connectivity index (χ0v) is 15.7. The van der Waals surface area contributed by atoms with Crippen molar-refractivity contribution in [2.75, 3.05) is 13.2 Å². The van der Waals surface area contributed by atoms with Crippen LogP contribution in [0.25, 0.3) is 0 Å². The molecular formula is C19H29NO5. The van der Waals surface area contributed by atoms with E-state index in [1.165, 1.54) is 5.06 Å². The third-order valence-electron chi connectivity index (χ3n) is 4.55. The SMILES string of the molecule is CCOC(=O)c1ccc(OOCC2CC(C)(C)N(O)C(C)(C)C2)cc1. The van der Waals surface area contributed by atoms with Crippen molar-refractivity contribution in [3.05, 3.63) is 29.8 Å². The van der Waals surface area contributed by atoms with Gasteiger partial charge in [-0.3, -0.25) is 0 Å². The molecule has 6 nitrogen and oxygen atoms in total. The van der Waals surface area contributed by atoms with Crippen molar-refractivity contribution in [3.8, 4) is 5.75 Å². The maximum Gasteiger partial charge on any atom is 0.338 e. The first-order valence-electron chi connectivity index (χ1n) is 8.71. The molecule has 0 unspecified atom stereocenters. The molecule has 1 aliphatic rings. The molecule has 0 radical (unpaired) electrons. The highest BCUT2D eigenvalue weighted by Gasteiger charge is 2.45. The zero-order chi connectivity index (χ0) is 18.7. The number of benzene rings is 1. The number of piperidine rings is 1. The van der Waals surface area contributed by atoms with Crippen molar-refractivity contribution in [1.82, 2.24) is 5.06 Å². The molecule has 6 heteroatoms. The van der Waals surface area contributed by atoms with Gasteiger partial charge in [0.2, 0.25) is 0 Å². The smallest absolute Gasteiger partial charge is 0.338 e. The topological polar surface area (TPSA) is 68.2 Å². The number of nitrogens with zero attached hydrogens (tertiary/aromatic N) is 1. The van der Waals surface area contributed by atoms with Crippen molar-refractivity contribution in [2.45, 2.75) is 58.5 Å². The van der Waals surface area contributed by atoms with Crippen LogP contribution < -0.4 is 4.89 Å². The monoisotopic (exact) mass is 351 g/mol. The van der Waals surface area contributed by atoms with Crippen molar-refractivity contribution >= 4 is 5.97 Å². The molecule has 1 saturated heterocycles. The molecule has 1 N–H and O–H groups in total. The zero-order valence-electron chi connectivity index (χ0n) is 15.7. The van der Waals surface area contributed by atoms with Gasteiger partial charge in [-0.15, -0.1) is 0 Å². The predicted molar refractivity (Wildman–Crippen MR) is 93.5 cm³/mol. The number of rotatable bonds is 6. The van der Waals surface area contributed by atoms with Crippen LogP contribution in [0.1, 0.15) is 57.8 Å². The second kappa shape index (κ2) is 7.72. The highest BCUT2D eigenvalue weighted by molar-refractivity contribution is 5.89. The first-order chi connectivity index (χ1) is 11.7. The summed E-state index contributed by atoms with van der Waals surface area (Å²) in [5.74, 6) is 0.466. The van der Waals surface area contributed by atoms with Crippen molar-refractivity contribution in [2.24, 2.45) is 5.92 Å². The number of ether oxygens (including phenoxy) is 1. The minimum Gasteiger partial charge on any atom is -0.462 e. The number of esters is 1. The van der Waals surface area contributed by atoms with E-state index in [2.05, 4.69) is 0 Å². The number of carbonyl (C=O) groups is 1. The second-order valence-corrected chi connectivity index (χ2v) is 7.82. The fourth-order valence-corrected chi connectivity index (χ4v) is 3.65. The Morgan fingerprint density at radius 1 is 1.16 bits per heavy atom. The van der Waals surface area contributed by atoms with Crippen LogP contribution in [0.3, 0.4) is 0 Å². The summed E-state index contributed by atoms with van der Waals surface area (Å²) in [5, 5.41) is 11.8. The van der Waals surface area contributed by atoms with Crippen LogP contribution in [-0.2, 0) is 9.62 Å². The first kappa shape index (κ1) is 19.7. The molecule has 0 amide bonds. The third kappa shape index (κ3) is 4.93. The maximum atomic E-state index is 11.6. The molecule has 1 aliphatic heterocycles. The lowest BCUT2D eigenvalue weighted by molar-refractivity contribution is -0.270. The Morgan fingerprint density at radius 3 is 2.24 bits per heavy atom. The largest absolute Gasteiger partial charge is 0.462 e. The van der Waals surface area contributed by atoms with Gasteiger partial charge in [-0.2, -0.15) is 9.95 Å². The normalized spacial score (nSPS) is 20.2. The van der Waals surface area contributed by atoms with Crippen LogP contribution in [0.5, 0.6) is 5.75 Å². The van der Waals surface area contributed by atoms with Crippen LogP contribution in [-0.4, -0.2) is 40.5 Å². The van der Waals surface area contributed by atoms with Gasteiger partial charge in [0.15, 0.2) is 5.75 Å². The van der Waals surface area contributed by atoms with Gasteiger partial charge in [0.25, 0.3) is 0 Å². The van der Waals surface area contributed by atoms with Gasteiger partial charge in [0, 0.05) is 11.1 Å². The summed E-state index contributed by atoms with van der Waals surface area (Å²) in [6.45, 7) is 10.7. The van der Waals surface area contributed by atoms with E-state index >= 15 is 0 Å². The summed E-state index contributed by atoms with van der Waals surface area (Å²) in [6, 6.07) is 6.65. The minimum atomic E-state index is -0.352. The van der Waals surface area contributed by atoms with E-state index in [0.717, 1.165) is 12.8 Å². The molecule has 25 heavy (non-hydrogen) atoms. The molecule has 2 rings (SSSR count). The Balaban J connectivity index is 1.85. The Bertz CT molecular complexity index is 564. The van der Waals surface area contributed by atoms with E-state index in [9.17, 15) is 10.0 Å². The van der Waals surface area contributed by atoms with E-state index in [1.54, 1.807) is 31.2 Å². The van der Waals surface area contributed by atoms with Crippen LogP contribution in [0, 0.1) is 5.92 Å². The predicted octanol–water partition coefficient (Wildman–Crippen LogP) is 3.83. The molecule has 140 valence electrons. The molecule has 1 heterocycles. The summed E-state index contributed by atoms with van der Waals surface area (Å²) in [7, 11) is 0. The Hall–Kier alpha value is -1.63. The van der Waals surface area contributed by atoms with Gasteiger partial charge in [-0.05, 0) is 77.6 Å². The Kier molecular flexibility index (Phi) is 6.08. The first-order valence-corrected chi connectivity index (χ1v) is 8.71. The van der Waals surface area contributed by atoms with Crippen LogP contribution in [0.2, 0.25) is 0 Å². The van der Waals surface area contributed by atoms with E-state index in [4.69, 9.17) is 14.5 Å². The summed E-state index contributed by atoms with van der Waals surface area (Å²) < 4.78 is 4.94. The molecule has 0 aromatic heterocycles. The molecule has 1 aromatic carbocycles. The van der Waals surface area contributed by atoms with Crippen molar-refractivity contribution in [1.29, 1.82) is 0 Å². The van der Waals surface area contributed by atoms with Crippen LogP contribution >= 0.6 is 0 Å². The van der Waals surface area contributed by atoms with Crippen LogP contribution in [0.15, 0.2) is 24.3 Å². The summed E-state index contributed by atoms with van der Waals surface area (Å²) in [4.78, 5) is 22.4. The number of hydrogen-bond acceptors (Lipinski definition) is 6. The number of carbonyl (C=O) groups excluding carboxylic acids is 1. The number of hydroxylamine groups is 2. The molecule has 0 atom stereocenters. The maximum absolute atomic E-state index is 11.6. The molecular weight excluding hydrogens is 322 g/mol. The molecule has 0 saturated carbocycles. The average Bonchev–Trinajstić information content (AvgIpc) is 2.53. The summed E-state index contributed by atoms with van der Waals surface area (Å²) >= 11 is 0. The molecule has 0 bridgehead atoms. The van der Waals surface area contributed by atoms with Crippen molar-refractivity contribution in [3.63, 3.8) is 0 Å². The Morgan fingerprint density at radius 2 is 1.72 bits per heavy atom. The van der Waals surface area contributed by atoms with E-state index in [1.807, 2.05) is 27.7 Å². The lowest BCUT2D eigenvalue weighted by Gasteiger charge is -2.51. The van der Waals surface area contributed by atoms with E-state index in [-0.39, 0.29) is 23.0 Å². The standard InChI is InChI=1S/C19H29NO5/c1-6-23-17(21)15-7-9-16(10-8-15)25-24-13-14-11-18(2,3)20(22)19(4,5)12-14/h7-10,14,22H,6,11-13H2,1-5H3. The van der Waals surface area contributed by atoms with E-state index in [0.29, 0.717) is 24.5 Å². The average molecular weight is 351 g/mol. The van der Waals surface area contributed by atoms with Gasteiger partial charge in [-0.25, -0.2) is 4.79 Å². The lowest BCUT2D eigenvalue weighted by Crippen LogP contribution is -2.59.